The summed E-state index contributed by atoms with van der Waals surface area (Å²) in [7, 11) is 20.0. The van der Waals surface area contributed by atoms with Gasteiger partial charge in [-0.2, -0.15) is 19.2 Å². The second-order valence-electron chi connectivity index (χ2n) is 13.3. The van der Waals surface area contributed by atoms with E-state index < -0.39 is 11.9 Å². The molecule has 4 rings (SSSR count). The average Bonchev–Trinajstić information content (AvgIpc) is 3.20. The molecular weight excluding hydrogens is 1070 g/mol. The summed E-state index contributed by atoms with van der Waals surface area (Å²) in [6.45, 7) is 16.5. The Balaban J connectivity index is 0. The van der Waals surface area contributed by atoms with Crippen molar-refractivity contribution in [3.8, 4) is 0 Å². The van der Waals surface area contributed by atoms with Gasteiger partial charge in [0.15, 0.2) is 0 Å². The largest absolute Gasteiger partial charge is 0.481 e. The molecule has 9 nitrogen and oxygen atoms in total. The van der Waals surface area contributed by atoms with Gasteiger partial charge >= 0.3 is 18.3 Å². The molecule has 0 radical (unpaired) electrons. The number of aliphatic carboxylic acids is 1. The highest BCUT2D eigenvalue weighted by molar-refractivity contribution is 8.72. The highest BCUT2D eigenvalue weighted by atomic mass is 33.4. The van der Waals surface area contributed by atoms with Crippen molar-refractivity contribution >= 4 is 196 Å². The molecule has 58 heavy (non-hydrogen) atoms. The maximum atomic E-state index is 12.3. The fourth-order valence-electron chi connectivity index (χ4n) is 8.12. The summed E-state index contributed by atoms with van der Waals surface area (Å²) in [6, 6.07) is 0. The van der Waals surface area contributed by atoms with E-state index >= 15 is 0 Å². The van der Waals surface area contributed by atoms with E-state index in [1.807, 2.05) is 6.08 Å². The van der Waals surface area contributed by atoms with Gasteiger partial charge in [-0.1, -0.05) is 39.8 Å². The van der Waals surface area contributed by atoms with Crippen LogP contribution in [0.1, 0.15) is 79.1 Å². The number of aldehydes is 1. The summed E-state index contributed by atoms with van der Waals surface area (Å²) in [4.78, 5) is 79.5. The number of carbonyl (C=O) groups is 4. The number of fused-ring (bicyclic) bond motifs is 2. The summed E-state index contributed by atoms with van der Waals surface area (Å²) < 4.78 is 0. The molecule has 0 amide bonds. The Morgan fingerprint density at radius 3 is 1.29 bits per heavy atom. The molecule has 0 aromatic heterocycles. The van der Waals surface area contributed by atoms with Gasteiger partial charge in [-0.25, -0.2) is 0 Å². The molecular formula is C32H44O9S17. The third kappa shape index (κ3) is 20.8. The molecule has 0 aliphatic heterocycles. The van der Waals surface area contributed by atoms with Crippen molar-refractivity contribution in [2.24, 2.45) is 58.2 Å². The van der Waals surface area contributed by atoms with Crippen molar-refractivity contribution in [1.82, 2.24) is 0 Å². The zero-order chi connectivity index (χ0) is 44.7. The Morgan fingerprint density at radius 2 is 0.983 bits per heavy atom. The lowest BCUT2D eigenvalue weighted by Crippen LogP contribution is -2.52. The van der Waals surface area contributed by atoms with E-state index in [1.54, 1.807) is 86.0 Å². The van der Waals surface area contributed by atoms with Crippen molar-refractivity contribution in [3.63, 3.8) is 0 Å². The van der Waals surface area contributed by atoms with Crippen LogP contribution >= 0.6 is 0 Å². The molecule has 4 fully saturated rings. The number of ketones is 2. The normalized spacial score (nSPS) is 29.4. The highest BCUT2D eigenvalue weighted by Crippen LogP contribution is 2.56. The Morgan fingerprint density at radius 1 is 0.655 bits per heavy atom. The number of carboxylic acid groups (broad SMARTS) is 1. The summed E-state index contributed by atoms with van der Waals surface area (Å²) in [5, 5.41) is 9.31. The first-order valence-electron chi connectivity index (χ1n) is 16.8. The predicted octanol–water partition coefficient (Wildman–Crippen LogP) is 4.72. The molecule has 10 atom stereocenters. The van der Waals surface area contributed by atoms with Gasteiger partial charge in [-0.3, -0.25) is 14.4 Å². The standard InChI is InChI=1S/C15H22O3.C15H22O2.2CO2.S9.S8/c1-4-10-11(14(17)18)7-8-15(3)9(2)5-6-12(16)13(10)15;1-4-12-11(9-16)7-8-15(3)10(2)5-6-13(17)14(12)15;2*2-1-3;1-3-5-7-9-8-6-4-2;1-3-5-7-8-6-4-2/h4,9-11,13H,1,5-8H2,2-3H3,(H,17,18);4,9-12,14H,1,5-8H2,2-3H3;;;;/t9-,10+,11-,13+,15+;10-,11+,12+,14+,15+;;;;/m11..../s1. The van der Waals surface area contributed by atoms with E-state index in [0.29, 0.717) is 36.9 Å². The molecule has 0 saturated heterocycles. The van der Waals surface area contributed by atoms with Crippen LogP contribution in [-0.2, 0) is 199 Å². The van der Waals surface area contributed by atoms with E-state index in [-0.39, 0.29) is 58.5 Å². The van der Waals surface area contributed by atoms with Crippen molar-refractivity contribution in [2.75, 3.05) is 0 Å². The quantitative estimate of drug-likeness (QED) is 0.306. The summed E-state index contributed by atoms with van der Waals surface area (Å²) in [5.74, 6) is 0.160. The Bertz CT molecular complexity index is 2030. The topological polar surface area (TPSA) is 157 Å². The zero-order valence-corrected chi connectivity index (χ0v) is 45.5. The molecule has 4 aliphatic rings. The van der Waals surface area contributed by atoms with Gasteiger partial charge in [-0.05, 0) is 67.1 Å². The Labute approximate surface area is 397 Å². The molecule has 0 spiro atoms. The second-order valence-corrected chi connectivity index (χ2v) is 36.3. The molecule has 1 N–H and O–H groups in total. The molecule has 0 bridgehead atoms. The molecule has 4 aliphatic carbocycles. The van der Waals surface area contributed by atoms with Crippen LogP contribution < -0.4 is 0 Å². The van der Waals surface area contributed by atoms with E-state index in [2.05, 4.69) is 85.6 Å². The molecule has 0 heterocycles. The SMILES string of the molecule is C=C[C@@H]1[C@H]2C(=O)CC[C@@H](C)[C@]2(C)CC[C@H]1C(=O)O.C=C[C@H]1[C@H](C=O)CC[C@@]2(C)[C@H](C)CCC(=O)[C@H]12.O=C=O.O=C=O.S=S=S=S=S=S=S=S.S=S=S=S=S=S=S=S=S. The predicted molar refractivity (Wildman–Crippen MR) is 272 cm³/mol. The lowest BCUT2D eigenvalue weighted by Gasteiger charge is -2.52. The monoisotopic (exact) mass is 1120 g/mol. The number of Topliss-reactive ketones (excluding diaryl/α,β-unsaturated/α-hetero) is 2. The molecule has 328 valence electrons. The van der Waals surface area contributed by atoms with Crippen LogP contribution in [-0.4, -0.2) is 41.2 Å². The number of carboxylic acids is 1. The molecule has 4 saturated carbocycles. The van der Waals surface area contributed by atoms with Crippen LogP contribution in [0.5, 0.6) is 0 Å². The lowest BCUT2D eigenvalue weighted by molar-refractivity contribution is -0.193. The molecule has 26 heteroatoms. The van der Waals surface area contributed by atoms with Crippen LogP contribution in [0.15, 0.2) is 25.3 Å². The van der Waals surface area contributed by atoms with Gasteiger partial charge in [-0.15, -0.1) is 13.2 Å². The van der Waals surface area contributed by atoms with Crippen LogP contribution in [0.4, 0.5) is 0 Å². The van der Waals surface area contributed by atoms with Gasteiger partial charge in [0.2, 0.25) is 0 Å². The lowest BCUT2D eigenvalue weighted by atomic mass is 9.50. The van der Waals surface area contributed by atoms with Gasteiger partial charge in [0.25, 0.3) is 0 Å². The maximum absolute atomic E-state index is 12.3. The van der Waals surface area contributed by atoms with Crippen LogP contribution in [0.3, 0.4) is 0 Å². The fourth-order valence-corrected chi connectivity index (χ4v) is 32.8. The zero-order valence-electron chi connectivity index (χ0n) is 31.6. The smallest absolute Gasteiger partial charge is 0.373 e. The Kier molecular flexibility index (Phi) is 37.4. The molecule has 0 aromatic carbocycles. The minimum atomic E-state index is -0.784. The van der Waals surface area contributed by atoms with Gasteiger partial charge < -0.3 is 9.90 Å². The minimum absolute atomic E-state index is 0.000162. The first-order chi connectivity index (χ1) is 27.6. The minimum Gasteiger partial charge on any atom is -0.481 e. The summed E-state index contributed by atoms with van der Waals surface area (Å²) >= 11 is 18.5. The third-order valence-electron chi connectivity index (χ3n) is 11.1. The number of rotatable bonds is 4. The van der Waals surface area contributed by atoms with E-state index in [4.69, 9.17) is 19.2 Å². The van der Waals surface area contributed by atoms with E-state index in [0.717, 1.165) is 38.4 Å². The summed E-state index contributed by atoms with van der Waals surface area (Å²) in [5.41, 5.74) is 0.0356. The number of carbonyl (C=O) groups excluding carboxylic acids is 7. The number of hydrogen-bond acceptors (Lipinski definition) is 12. The molecule has 0 aromatic rings. The average molecular weight is 1120 g/mol. The maximum Gasteiger partial charge on any atom is 0.373 e. The first-order valence-corrected chi connectivity index (χ1v) is 36.8. The highest BCUT2D eigenvalue weighted by Gasteiger charge is 2.55. The summed E-state index contributed by atoms with van der Waals surface area (Å²) in [6.07, 6.45) is 11.7. The van der Waals surface area contributed by atoms with Gasteiger partial charge in [0.05, 0.1) is 5.92 Å². The van der Waals surface area contributed by atoms with Crippen LogP contribution in [0.25, 0.3) is 0 Å². The van der Waals surface area contributed by atoms with Crippen LogP contribution in [0.2, 0.25) is 0 Å². The van der Waals surface area contributed by atoms with Crippen LogP contribution in [0, 0.1) is 58.2 Å². The first kappa shape index (κ1) is 60.5. The van der Waals surface area contributed by atoms with Crippen molar-refractivity contribution < 1.29 is 43.5 Å². The fraction of sp³-hybridized carbons (Fsp3) is 0.688. The van der Waals surface area contributed by atoms with Crippen molar-refractivity contribution in [2.45, 2.75) is 79.1 Å². The van der Waals surface area contributed by atoms with E-state index in [9.17, 15) is 24.3 Å². The Hall–Kier alpha value is 0.460. The third-order valence-corrected chi connectivity index (χ3v) is 35.5. The number of allylic oxidation sites excluding steroid dienone is 2. The van der Waals surface area contributed by atoms with E-state index in [1.165, 1.54) is 35.5 Å². The van der Waals surface area contributed by atoms with Gasteiger partial charge in [0.1, 0.15) is 17.9 Å². The second kappa shape index (κ2) is 35.9. The van der Waals surface area contributed by atoms with Crippen molar-refractivity contribution in [3.05, 3.63) is 25.3 Å². The van der Waals surface area contributed by atoms with Crippen molar-refractivity contribution in [1.29, 1.82) is 0 Å². The molecule has 0 unspecified atom stereocenters. The number of hydrogen-bond donors (Lipinski definition) is 1. The van der Waals surface area contributed by atoms with Gasteiger partial charge in [0, 0.05) is 197 Å².